The van der Waals surface area contributed by atoms with Gasteiger partial charge in [-0.15, -0.1) is 0 Å². The Bertz CT molecular complexity index is 461. The standard InChI is InChI=1S/C14H18N2O3/c15-13(10-5-2-1-3-6-10)14(19)16-8-4-7-11(16)9-12(17)18/h1-3,5-6,11,13H,4,7-9,15H2,(H,17,18)/t11?,13-/m1/s1. The highest BCUT2D eigenvalue weighted by atomic mass is 16.4. The first kappa shape index (κ1) is 13.5. The van der Waals surface area contributed by atoms with E-state index in [0.717, 1.165) is 18.4 Å². The van der Waals surface area contributed by atoms with Crippen LogP contribution in [0.1, 0.15) is 30.9 Å². The quantitative estimate of drug-likeness (QED) is 0.852. The average Bonchev–Trinajstić information content (AvgIpc) is 2.85. The molecule has 0 aromatic heterocycles. The fraction of sp³-hybridized carbons (Fsp3) is 0.429. The van der Waals surface area contributed by atoms with E-state index in [0.29, 0.717) is 6.54 Å². The van der Waals surface area contributed by atoms with Gasteiger partial charge in [-0.25, -0.2) is 0 Å². The van der Waals surface area contributed by atoms with Crippen molar-refractivity contribution in [1.29, 1.82) is 0 Å². The fourth-order valence-corrected chi connectivity index (χ4v) is 2.52. The number of benzene rings is 1. The molecule has 1 aliphatic heterocycles. The number of rotatable bonds is 4. The van der Waals surface area contributed by atoms with Gasteiger partial charge in [0.1, 0.15) is 6.04 Å². The third kappa shape index (κ3) is 3.12. The van der Waals surface area contributed by atoms with E-state index in [1.54, 1.807) is 4.90 Å². The molecule has 5 nitrogen and oxygen atoms in total. The normalized spacial score (nSPS) is 20.3. The number of carbonyl (C=O) groups is 2. The van der Waals surface area contributed by atoms with Crippen LogP contribution in [0.2, 0.25) is 0 Å². The molecule has 0 radical (unpaired) electrons. The molecule has 1 aromatic rings. The monoisotopic (exact) mass is 262 g/mol. The molecule has 1 unspecified atom stereocenters. The van der Waals surface area contributed by atoms with Gasteiger partial charge in [-0.1, -0.05) is 30.3 Å². The minimum atomic E-state index is -0.877. The first-order valence-electron chi connectivity index (χ1n) is 6.42. The molecule has 0 spiro atoms. The number of carbonyl (C=O) groups excluding carboxylic acids is 1. The summed E-state index contributed by atoms with van der Waals surface area (Å²) >= 11 is 0. The number of nitrogens with zero attached hydrogens (tertiary/aromatic N) is 1. The summed E-state index contributed by atoms with van der Waals surface area (Å²) in [5.41, 5.74) is 6.73. The van der Waals surface area contributed by atoms with Gasteiger partial charge in [0.2, 0.25) is 5.91 Å². The van der Waals surface area contributed by atoms with Crippen molar-refractivity contribution < 1.29 is 14.7 Å². The Morgan fingerprint density at radius 2 is 2.05 bits per heavy atom. The molecule has 1 aliphatic rings. The lowest BCUT2D eigenvalue weighted by Gasteiger charge is -2.26. The first-order chi connectivity index (χ1) is 9.09. The molecular formula is C14H18N2O3. The van der Waals surface area contributed by atoms with Crippen LogP contribution in [0.3, 0.4) is 0 Å². The van der Waals surface area contributed by atoms with Crippen LogP contribution in [-0.2, 0) is 9.59 Å². The lowest BCUT2D eigenvalue weighted by molar-refractivity contribution is -0.140. The maximum absolute atomic E-state index is 12.3. The molecule has 1 saturated heterocycles. The summed E-state index contributed by atoms with van der Waals surface area (Å²) in [5, 5.41) is 8.86. The largest absolute Gasteiger partial charge is 0.481 e. The summed E-state index contributed by atoms with van der Waals surface area (Å²) in [7, 11) is 0. The highest BCUT2D eigenvalue weighted by Gasteiger charge is 2.33. The molecule has 3 N–H and O–H groups in total. The Labute approximate surface area is 112 Å². The van der Waals surface area contributed by atoms with Gasteiger partial charge in [-0.05, 0) is 18.4 Å². The van der Waals surface area contributed by atoms with Crippen LogP contribution in [0, 0.1) is 0 Å². The lowest BCUT2D eigenvalue weighted by atomic mass is 10.1. The number of amides is 1. The Kier molecular flexibility index (Phi) is 4.16. The van der Waals surface area contributed by atoms with E-state index in [2.05, 4.69) is 0 Å². The predicted molar refractivity (Wildman–Crippen MR) is 70.4 cm³/mol. The molecule has 1 fully saturated rings. The summed E-state index contributed by atoms with van der Waals surface area (Å²) in [5.74, 6) is -1.06. The molecule has 102 valence electrons. The van der Waals surface area contributed by atoms with Crippen LogP contribution in [0.25, 0.3) is 0 Å². The molecule has 19 heavy (non-hydrogen) atoms. The number of hydrogen-bond donors (Lipinski definition) is 2. The van der Waals surface area contributed by atoms with E-state index >= 15 is 0 Å². The van der Waals surface area contributed by atoms with Gasteiger partial charge in [-0.2, -0.15) is 0 Å². The van der Waals surface area contributed by atoms with Crippen LogP contribution < -0.4 is 5.73 Å². The number of hydrogen-bond acceptors (Lipinski definition) is 3. The van der Waals surface area contributed by atoms with Crippen molar-refractivity contribution in [2.75, 3.05) is 6.54 Å². The van der Waals surface area contributed by atoms with Crippen molar-refractivity contribution in [1.82, 2.24) is 4.90 Å². The summed E-state index contributed by atoms with van der Waals surface area (Å²) in [6, 6.07) is 8.22. The first-order valence-corrected chi connectivity index (χ1v) is 6.42. The number of carboxylic acid groups (broad SMARTS) is 1. The van der Waals surface area contributed by atoms with Crippen LogP contribution in [0.4, 0.5) is 0 Å². The molecule has 1 aromatic carbocycles. The van der Waals surface area contributed by atoms with Gasteiger partial charge in [0.25, 0.3) is 0 Å². The molecule has 1 amide bonds. The van der Waals surface area contributed by atoms with Crippen molar-refractivity contribution in [3.05, 3.63) is 35.9 Å². The highest BCUT2D eigenvalue weighted by molar-refractivity contribution is 5.84. The average molecular weight is 262 g/mol. The Morgan fingerprint density at radius 1 is 1.37 bits per heavy atom. The van der Waals surface area contributed by atoms with Gasteiger partial charge in [0, 0.05) is 12.6 Å². The van der Waals surface area contributed by atoms with Gasteiger partial charge in [-0.3, -0.25) is 9.59 Å². The zero-order valence-corrected chi connectivity index (χ0v) is 10.7. The smallest absolute Gasteiger partial charge is 0.305 e. The molecule has 2 rings (SSSR count). The second-order valence-corrected chi connectivity index (χ2v) is 4.81. The zero-order chi connectivity index (χ0) is 13.8. The van der Waals surface area contributed by atoms with Crippen molar-refractivity contribution >= 4 is 11.9 Å². The molecular weight excluding hydrogens is 244 g/mol. The van der Waals surface area contributed by atoms with E-state index in [1.807, 2.05) is 30.3 Å². The van der Waals surface area contributed by atoms with E-state index in [4.69, 9.17) is 10.8 Å². The summed E-state index contributed by atoms with van der Waals surface area (Å²) in [6.07, 6.45) is 1.57. The van der Waals surface area contributed by atoms with Gasteiger partial charge in [0.15, 0.2) is 0 Å². The zero-order valence-electron chi connectivity index (χ0n) is 10.7. The second-order valence-electron chi connectivity index (χ2n) is 4.81. The minimum Gasteiger partial charge on any atom is -0.481 e. The van der Waals surface area contributed by atoms with E-state index in [-0.39, 0.29) is 18.4 Å². The summed E-state index contributed by atoms with van der Waals surface area (Å²) < 4.78 is 0. The lowest BCUT2D eigenvalue weighted by Crippen LogP contribution is -2.42. The third-order valence-corrected chi connectivity index (χ3v) is 3.50. The van der Waals surface area contributed by atoms with Crippen LogP contribution in [0.5, 0.6) is 0 Å². The number of carboxylic acids is 1. The van der Waals surface area contributed by atoms with Crippen molar-refractivity contribution in [3.63, 3.8) is 0 Å². The van der Waals surface area contributed by atoms with E-state index in [9.17, 15) is 9.59 Å². The van der Waals surface area contributed by atoms with E-state index < -0.39 is 12.0 Å². The number of likely N-dealkylation sites (tertiary alicyclic amines) is 1. The van der Waals surface area contributed by atoms with Gasteiger partial charge >= 0.3 is 5.97 Å². The maximum atomic E-state index is 12.3. The SMILES string of the molecule is N[C@@H](C(=O)N1CCCC1CC(=O)O)c1ccccc1. The van der Waals surface area contributed by atoms with Crippen molar-refractivity contribution in [3.8, 4) is 0 Å². The Morgan fingerprint density at radius 3 is 2.68 bits per heavy atom. The van der Waals surface area contributed by atoms with Crippen LogP contribution in [0.15, 0.2) is 30.3 Å². The fourth-order valence-electron chi connectivity index (χ4n) is 2.52. The number of nitrogens with two attached hydrogens (primary N) is 1. The molecule has 5 heteroatoms. The third-order valence-electron chi connectivity index (χ3n) is 3.50. The minimum absolute atomic E-state index is 0.00670. The van der Waals surface area contributed by atoms with Gasteiger partial charge < -0.3 is 15.7 Å². The topological polar surface area (TPSA) is 83.6 Å². The number of aliphatic carboxylic acids is 1. The van der Waals surface area contributed by atoms with E-state index in [1.165, 1.54) is 0 Å². The molecule has 2 atom stereocenters. The van der Waals surface area contributed by atoms with Gasteiger partial charge in [0.05, 0.1) is 6.42 Å². The highest BCUT2D eigenvalue weighted by Crippen LogP contribution is 2.24. The molecule has 0 bridgehead atoms. The maximum Gasteiger partial charge on any atom is 0.305 e. The van der Waals surface area contributed by atoms with Crippen LogP contribution >= 0.6 is 0 Å². The second kappa shape index (κ2) is 5.84. The molecule has 0 saturated carbocycles. The van der Waals surface area contributed by atoms with Crippen molar-refractivity contribution in [2.24, 2.45) is 5.73 Å². The summed E-state index contributed by atoms with van der Waals surface area (Å²) in [4.78, 5) is 24.8. The van der Waals surface area contributed by atoms with Crippen molar-refractivity contribution in [2.45, 2.75) is 31.3 Å². The molecule has 1 heterocycles. The summed E-state index contributed by atoms with van der Waals surface area (Å²) in [6.45, 7) is 0.595. The van der Waals surface area contributed by atoms with Crippen LogP contribution in [-0.4, -0.2) is 34.5 Å². The Balaban J connectivity index is 2.08. The molecule has 0 aliphatic carbocycles. The Hall–Kier alpha value is -1.88. The predicted octanol–water partition coefficient (Wildman–Crippen LogP) is 1.15.